The van der Waals surface area contributed by atoms with E-state index in [1.54, 1.807) is 17.4 Å². The minimum Gasteiger partial charge on any atom is -0.396 e. The van der Waals surface area contributed by atoms with Gasteiger partial charge in [0.1, 0.15) is 0 Å². The molecule has 0 aliphatic carbocycles. The minimum absolute atomic E-state index is 0.377. The number of anilines is 2. The van der Waals surface area contributed by atoms with Crippen LogP contribution in [0.3, 0.4) is 0 Å². The number of para-hydroxylation sites is 1. The van der Waals surface area contributed by atoms with Gasteiger partial charge in [0.25, 0.3) is 5.91 Å². The predicted octanol–water partition coefficient (Wildman–Crippen LogP) is 2.46. The lowest BCUT2D eigenvalue weighted by atomic mass is 10.1. The Hall–Kier alpha value is -2.01. The third kappa shape index (κ3) is 2.88. The van der Waals surface area contributed by atoms with Gasteiger partial charge in [-0.15, -0.1) is 11.3 Å². The molecule has 100 valence electrons. The molecule has 4 nitrogen and oxygen atoms in total. The summed E-state index contributed by atoms with van der Waals surface area (Å²) < 4.78 is 0. The molecule has 5 heteroatoms. The fraction of sp³-hybridized carbons (Fsp3) is 0.214. The van der Waals surface area contributed by atoms with Gasteiger partial charge in [0, 0.05) is 11.4 Å². The van der Waals surface area contributed by atoms with Crippen LogP contribution in [0.2, 0.25) is 0 Å². The third-order valence-corrected chi connectivity index (χ3v) is 3.86. The molecule has 0 bridgehead atoms. The Morgan fingerprint density at radius 2 is 2.11 bits per heavy atom. The first-order chi connectivity index (χ1) is 9.13. The average molecular weight is 275 g/mol. The van der Waals surface area contributed by atoms with E-state index in [0.717, 1.165) is 18.8 Å². The van der Waals surface area contributed by atoms with Crippen molar-refractivity contribution in [1.29, 1.82) is 0 Å². The van der Waals surface area contributed by atoms with Crippen molar-refractivity contribution in [2.24, 2.45) is 5.73 Å². The highest BCUT2D eigenvalue weighted by molar-refractivity contribution is 7.09. The summed E-state index contributed by atoms with van der Waals surface area (Å²) in [5.41, 5.74) is 13.1. The predicted molar refractivity (Wildman–Crippen MR) is 80.4 cm³/mol. The van der Waals surface area contributed by atoms with Crippen molar-refractivity contribution in [3.05, 3.63) is 46.2 Å². The maximum absolute atomic E-state index is 11.3. The fourth-order valence-corrected chi connectivity index (χ4v) is 2.72. The summed E-state index contributed by atoms with van der Waals surface area (Å²) in [5.74, 6) is -0.494. The van der Waals surface area contributed by atoms with Gasteiger partial charge in [-0.25, -0.2) is 0 Å². The molecule has 1 aromatic heterocycles. The summed E-state index contributed by atoms with van der Waals surface area (Å²) in [6, 6.07) is 9.49. The molecule has 0 spiro atoms. The molecule has 0 saturated carbocycles. The number of benzene rings is 1. The van der Waals surface area contributed by atoms with Crippen LogP contribution >= 0.6 is 11.3 Å². The number of rotatable bonds is 5. The van der Waals surface area contributed by atoms with Crippen LogP contribution in [0.25, 0.3) is 0 Å². The first kappa shape index (κ1) is 13.4. The summed E-state index contributed by atoms with van der Waals surface area (Å²) in [6.07, 6.45) is 0. The number of carbonyl (C=O) groups is 1. The zero-order chi connectivity index (χ0) is 13.8. The second-order valence-electron chi connectivity index (χ2n) is 4.20. The van der Waals surface area contributed by atoms with Crippen LogP contribution in [0.4, 0.5) is 11.4 Å². The molecule has 0 saturated heterocycles. The highest BCUT2D eigenvalue weighted by Gasteiger charge is 2.14. The summed E-state index contributed by atoms with van der Waals surface area (Å²) in [7, 11) is 0. The molecule has 2 rings (SSSR count). The quantitative estimate of drug-likeness (QED) is 0.823. The number of thiophene rings is 1. The summed E-state index contributed by atoms with van der Waals surface area (Å²) in [6.45, 7) is 3.65. The number of hydrogen-bond donors (Lipinski definition) is 2. The van der Waals surface area contributed by atoms with Crippen molar-refractivity contribution in [2.75, 3.05) is 17.2 Å². The Balaban J connectivity index is 2.33. The van der Waals surface area contributed by atoms with Crippen molar-refractivity contribution in [3.8, 4) is 0 Å². The number of hydrogen-bond acceptors (Lipinski definition) is 4. The van der Waals surface area contributed by atoms with Gasteiger partial charge < -0.3 is 16.4 Å². The Kier molecular flexibility index (Phi) is 4.06. The Morgan fingerprint density at radius 3 is 2.68 bits per heavy atom. The van der Waals surface area contributed by atoms with Crippen LogP contribution in [-0.4, -0.2) is 12.5 Å². The van der Waals surface area contributed by atoms with Crippen molar-refractivity contribution < 1.29 is 4.79 Å². The van der Waals surface area contributed by atoms with Gasteiger partial charge >= 0.3 is 0 Å². The molecule has 0 fully saturated rings. The zero-order valence-electron chi connectivity index (χ0n) is 10.8. The summed E-state index contributed by atoms with van der Waals surface area (Å²) >= 11 is 1.70. The number of primary amides is 1. The minimum atomic E-state index is -0.494. The molecule has 0 atom stereocenters. The molecule has 0 unspecified atom stereocenters. The molecule has 1 aromatic carbocycles. The highest BCUT2D eigenvalue weighted by Crippen LogP contribution is 2.28. The van der Waals surface area contributed by atoms with Gasteiger partial charge in [0.15, 0.2) is 0 Å². The van der Waals surface area contributed by atoms with Gasteiger partial charge in [-0.1, -0.05) is 12.1 Å². The Bertz CT molecular complexity index is 566. The molecule has 0 aliphatic heterocycles. The van der Waals surface area contributed by atoms with Crippen molar-refractivity contribution in [3.63, 3.8) is 0 Å². The van der Waals surface area contributed by atoms with E-state index < -0.39 is 5.91 Å². The second kappa shape index (κ2) is 5.75. The number of amides is 1. The van der Waals surface area contributed by atoms with E-state index in [9.17, 15) is 4.79 Å². The topological polar surface area (TPSA) is 72.3 Å². The van der Waals surface area contributed by atoms with E-state index >= 15 is 0 Å². The van der Waals surface area contributed by atoms with Crippen LogP contribution in [0.5, 0.6) is 0 Å². The number of nitrogens with zero attached hydrogens (tertiary/aromatic N) is 1. The third-order valence-electron chi connectivity index (χ3n) is 3.00. The van der Waals surface area contributed by atoms with E-state index in [1.807, 2.05) is 23.6 Å². The highest BCUT2D eigenvalue weighted by atomic mass is 32.1. The van der Waals surface area contributed by atoms with Crippen LogP contribution in [-0.2, 0) is 6.54 Å². The standard InChI is InChI=1S/C14H17N3OS/c1-2-17(9-10-5-4-8-19-10)12-7-3-6-11(13(12)15)14(16)18/h3-8H,2,9,15H2,1H3,(H2,16,18). The smallest absolute Gasteiger partial charge is 0.250 e. The zero-order valence-corrected chi connectivity index (χ0v) is 11.6. The van der Waals surface area contributed by atoms with Gasteiger partial charge in [-0.05, 0) is 30.5 Å². The van der Waals surface area contributed by atoms with Crippen molar-refractivity contribution >= 4 is 28.6 Å². The molecule has 0 radical (unpaired) electrons. The lowest BCUT2D eigenvalue weighted by Crippen LogP contribution is -2.24. The van der Waals surface area contributed by atoms with Gasteiger partial charge in [0.05, 0.1) is 23.5 Å². The maximum Gasteiger partial charge on any atom is 0.250 e. The van der Waals surface area contributed by atoms with Gasteiger partial charge in [-0.2, -0.15) is 0 Å². The van der Waals surface area contributed by atoms with E-state index in [-0.39, 0.29) is 0 Å². The van der Waals surface area contributed by atoms with Crippen molar-refractivity contribution in [2.45, 2.75) is 13.5 Å². The maximum atomic E-state index is 11.3. The first-order valence-electron chi connectivity index (χ1n) is 6.09. The fourth-order valence-electron chi connectivity index (χ4n) is 2.00. The SMILES string of the molecule is CCN(Cc1cccs1)c1cccc(C(N)=O)c1N. The molecule has 0 aliphatic rings. The van der Waals surface area contributed by atoms with E-state index in [4.69, 9.17) is 11.5 Å². The van der Waals surface area contributed by atoms with Crippen LogP contribution < -0.4 is 16.4 Å². The van der Waals surface area contributed by atoms with Gasteiger partial charge in [-0.3, -0.25) is 4.79 Å². The average Bonchev–Trinajstić information content (AvgIpc) is 2.89. The van der Waals surface area contributed by atoms with E-state index in [0.29, 0.717) is 11.3 Å². The Morgan fingerprint density at radius 1 is 1.32 bits per heavy atom. The number of carbonyl (C=O) groups excluding carboxylic acids is 1. The van der Waals surface area contributed by atoms with Gasteiger partial charge in [0.2, 0.25) is 0 Å². The summed E-state index contributed by atoms with van der Waals surface area (Å²) in [5, 5.41) is 2.05. The largest absolute Gasteiger partial charge is 0.396 e. The van der Waals surface area contributed by atoms with Crippen molar-refractivity contribution in [1.82, 2.24) is 0 Å². The molecular weight excluding hydrogens is 258 g/mol. The lowest BCUT2D eigenvalue weighted by Gasteiger charge is -2.24. The second-order valence-corrected chi connectivity index (χ2v) is 5.23. The van der Waals surface area contributed by atoms with E-state index in [1.165, 1.54) is 4.88 Å². The summed E-state index contributed by atoms with van der Waals surface area (Å²) in [4.78, 5) is 14.7. The number of nitrogens with two attached hydrogens (primary N) is 2. The molecule has 1 amide bonds. The molecule has 2 aromatic rings. The Labute approximate surface area is 116 Å². The molecule has 1 heterocycles. The first-order valence-corrected chi connectivity index (χ1v) is 6.97. The molecule has 4 N–H and O–H groups in total. The van der Waals surface area contributed by atoms with E-state index in [2.05, 4.69) is 17.9 Å². The van der Waals surface area contributed by atoms with Crippen LogP contribution in [0, 0.1) is 0 Å². The van der Waals surface area contributed by atoms with Crippen LogP contribution in [0.1, 0.15) is 22.2 Å². The lowest BCUT2D eigenvalue weighted by molar-refractivity contribution is 0.100. The normalized spacial score (nSPS) is 10.4. The monoisotopic (exact) mass is 275 g/mol. The molecular formula is C14H17N3OS. The van der Waals surface area contributed by atoms with Crippen LogP contribution in [0.15, 0.2) is 35.7 Å². The number of nitrogen functional groups attached to an aromatic ring is 1. The molecule has 19 heavy (non-hydrogen) atoms.